The number of carbonyl (C=O) groups is 5. The summed E-state index contributed by atoms with van der Waals surface area (Å²) in [5.41, 5.74) is 3.69. The lowest BCUT2D eigenvalue weighted by Gasteiger charge is -2.28. The fourth-order valence-electron chi connectivity index (χ4n) is 2.70. The third-order valence-electron chi connectivity index (χ3n) is 4.57. The van der Waals surface area contributed by atoms with Gasteiger partial charge in [0.1, 0.15) is 18.3 Å². The number of esters is 1. The molecule has 2 atom stereocenters. The number of unbranched alkanes of at least 4 members (excludes halogenated alkanes) is 1. The Bertz CT molecular complexity index is 899. The second-order valence-electron chi connectivity index (χ2n) is 8.86. The molecule has 1 unspecified atom stereocenters. The van der Waals surface area contributed by atoms with E-state index >= 15 is 0 Å². The van der Waals surface area contributed by atoms with Gasteiger partial charge >= 0.3 is 18.0 Å². The number of alkyl carbamates (subject to hydrolysis) is 1. The molecule has 12 nitrogen and oxygen atoms in total. The van der Waals surface area contributed by atoms with Gasteiger partial charge in [-0.15, -0.1) is 0 Å². The SMILES string of the molecule is CC(C)(C)OC(=O)C(N)(CCCCNC(=O)OCc1ccccc1)C(=O)O.O=C1C[C@H](O)C(=O)N1. The van der Waals surface area contributed by atoms with Crippen LogP contribution < -0.4 is 16.4 Å². The number of nitrogens with one attached hydrogen (secondary N) is 2. The normalized spacial score (nSPS) is 16.8. The van der Waals surface area contributed by atoms with Crippen LogP contribution in [0.4, 0.5) is 4.79 Å². The van der Waals surface area contributed by atoms with Crippen molar-refractivity contribution in [1.82, 2.24) is 10.6 Å². The van der Waals surface area contributed by atoms with Crippen LogP contribution in [0.2, 0.25) is 0 Å². The van der Waals surface area contributed by atoms with Crippen LogP contribution in [0.3, 0.4) is 0 Å². The number of aliphatic hydroxyl groups is 1. The summed E-state index contributed by atoms with van der Waals surface area (Å²) >= 11 is 0. The predicted octanol–water partition coefficient (Wildman–Crippen LogP) is 0.601. The van der Waals surface area contributed by atoms with Crippen molar-refractivity contribution in [3.05, 3.63) is 35.9 Å². The van der Waals surface area contributed by atoms with Crippen molar-refractivity contribution in [2.45, 2.75) is 70.3 Å². The number of carboxylic acids is 1. The number of imide groups is 1. The lowest BCUT2D eigenvalue weighted by atomic mass is 9.93. The van der Waals surface area contributed by atoms with Crippen LogP contribution in [0.5, 0.6) is 0 Å². The molecule has 1 aliphatic heterocycles. The third kappa shape index (κ3) is 11.0. The number of nitrogens with two attached hydrogens (primary N) is 1. The summed E-state index contributed by atoms with van der Waals surface area (Å²) in [5, 5.41) is 22.4. The highest BCUT2D eigenvalue weighted by Gasteiger charge is 2.44. The first kappa shape index (κ1) is 29.5. The van der Waals surface area contributed by atoms with E-state index in [4.69, 9.17) is 20.3 Å². The molecule has 0 aliphatic carbocycles. The molecule has 0 radical (unpaired) electrons. The van der Waals surface area contributed by atoms with Crippen LogP contribution >= 0.6 is 0 Å². The molecule has 0 saturated carbocycles. The maximum atomic E-state index is 12.1. The van der Waals surface area contributed by atoms with Crippen molar-refractivity contribution in [2.75, 3.05) is 6.54 Å². The molecular formula is C23H33N3O9. The summed E-state index contributed by atoms with van der Waals surface area (Å²) < 4.78 is 10.2. The van der Waals surface area contributed by atoms with Crippen molar-refractivity contribution in [3.63, 3.8) is 0 Å². The Kier molecular flexibility index (Phi) is 11.3. The van der Waals surface area contributed by atoms with Gasteiger partial charge in [0.05, 0.1) is 6.42 Å². The molecule has 6 N–H and O–H groups in total. The first-order chi connectivity index (χ1) is 16.2. The first-order valence-electron chi connectivity index (χ1n) is 11.0. The number of hydrogen-bond acceptors (Lipinski definition) is 9. The smallest absolute Gasteiger partial charge is 0.407 e. The fraction of sp³-hybridized carbons (Fsp3) is 0.522. The molecule has 0 aromatic heterocycles. The molecule has 1 fully saturated rings. The minimum Gasteiger partial charge on any atom is -0.479 e. The Balaban J connectivity index is 0.000000642. The number of hydrogen-bond donors (Lipinski definition) is 5. The number of amides is 3. The van der Waals surface area contributed by atoms with Gasteiger partial charge in [-0.25, -0.2) is 14.4 Å². The zero-order chi connectivity index (χ0) is 26.6. The molecule has 194 valence electrons. The zero-order valence-electron chi connectivity index (χ0n) is 20.0. The molecule has 3 amide bonds. The number of benzene rings is 1. The van der Waals surface area contributed by atoms with Gasteiger partial charge < -0.3 is 30.7 Å². The third-order valence-corrected chi connectivity index (χ3v) is 4.57. The van der Waals surface area contributed by atoms with E-state index < -0.39 is 47.1 Å². The number of carboxylic acid groups (broad SMARTS) is 1. The Morgan fingerprint density at radius 2 is 1.77 bits per heavy atom. The van der Waals surface area contributed by atoms with Crippen molar-refractivity contribution >= 4 is 29.8 Å². The summed E-state index contributed by atoms with van der Waals surface area (Å²) in [6.07, 6.45) is -1.10. The average molecular weight is 496 g/mol. The van der Waals surface area contributed by atoms with E-state index in [0.717, 1.165) is 5.56 Å². The Labute approximate surface area is 203 Å². The van der Waals surface area contributed by atoms with Crippen LogP contribution in [0.15, 0.2) is 30.3 Å². The quantitative estimate of drug-likeness (QED) is 0.140. The lowest BCUT2D eigenvalue weighted by molar-refractivity contribution is -0.169. The molecular weight excluding hydrogens is 462 g/mol. The molecule has 1 saturated heterocycles. The van der Waals surface area contributed by atoms with Crippen molar-refractivity contribution in [3.8, 4) is 0 Å². The summed E-state index contributed by atoms with van der Waals surface area (Å²) in [7, 11) is 0. The number of rotatable bonds is 9. The molecule has 0 spiro atoms. The highest BCUT2D eigenvalue weighted by molar-refractivity contribution is 6.04. The van der Waals surface area contributed by atoms with E-state index in [1.165, 1.54) is 0 Å². The summed E-state index contributed by atoms with van der Waals surface area (Å²) in [4.78, 5) is 55.5. The van der Waals surface area contributed by atoms with Gasteiger partial charge in [0.2, 0.25) is 11.4 Å². The molecule has 0 bridgehead atoms. The number of aliphatic carboxylic acids is 1. The molecule has 1 aromatic carbocycles. The number of aliphatic hydroxyl groups excluding tert-OH is 1. The minimum atomic E-state index is -2.11. The molecule has 1 aromatic rings. The minimum absolute atomic E-state index is 0.0845. The lowest BCUT2D eigenvalue weighted by Crippen LogP contribution is -2.57. The first-order valence-corrected chi connectivity index (χ1v) is 11.0. The average Bonchev–Trinajstić information content (AvgIpc) is 3.06. The van der Waals surface area contributed by atoms with E-state index in [-0.39, 0.29) is 26.0 Å². The summed E-state index contributed by atoms with van der Waals surface area (Å²) in [5.74, 6) is -3.40. The van der Waals surface area contributed by atoms with Crippen LogP contribution in [-0.2, 0) is 35.3 Å². The molecule has 2 rings (SSSR count). The highest BCUT2D eigenvalue weighted by Crippen LogP contribution is 2.18. The van der Waals surface area contributed by atoms with Gasteiger partial charge in [0, 0.05) is 6.54 Å². The van der Waals surface area contributed by atoms with E-state index in [9.17, 15) is 29.1 Å². The number of carbonyl (C=O) groups excluding carboxylic acids is 4. The van der Waals surface area contributed by atoms with Gasteiger partial charge in [-0.1, -0.05) is 30.3 Å². The summed E-state index contributed by atoms with van der Waals surface area (Å²) in [6.45, 7) is 5.35. The van der Waals surface area contributed by atoms with Crippen molar-refractivity contribution < 1.29 is 43.7 Å². The number of ether oxygens (including phenoxy) is 2. The molecule has 1 aliphatic rings. The molecule has 1 heterocycles. The topological polar surface area (TPSA) is 194 Å². The van der Waals surface area contributed by atoms with Crippen molar-refractivity contribution in [1.29, 1.82) is 0 Å². The largest absolute Gasteiger partial charge is 0.479 e. The zero-order valence-corrected chi connectivity index (χ0v) is 20.0. The van der Waals surface area contributed by atoms with Gasteiger partial charge in [-0.2, -0.15) is 0 Å². The standard InChI is InChI=1S/C19H28N2O6.C4H5NO3/c1-18(2,3)27-16(24)19(20,15(22)23)11-7-8-12-21-17(25)26-13-14-9-5-4-6-10-14;6-2-1-3(7)5-4(2)8/h4-6,9-10H,7-8,11-13,20H2,1-3H3,(H,21,25)(H,22,23);2,6H,1H2,(H,5,7,8)/t;2-/m.0/s1. The van der Waals surface area contributed by atoms with Gasteiger partial charge in [0.25, 0.3) is 5.91 Å². The van der Waals surface area contributed by atoms with E-state index in [0.29, 0.717) is 12.8 Å². The van der Waals surface area contributed by atoms with Crippen LogP contribution in [0.1, 0.15) is 52.0 Å². The van der Waals surface area contributed by atoms with E-state index in [1.807, 2.05) is 35.6 Å². The maximum Gasteiger partial charge on any atom is 0.407 e. The van der Waals surface area contributed by atoms with Crippen LogP contribution in [0.25, 0.3) is 0 Å². The van der Waals surface area contributed by atoms with Crippen LogP contribution in [0, 0.1) is 0 Å². The predicted molar refractivity (Wildman–Crippen MR) is 123 cm³/mol. The maximum absolute atomic E-state index is 12.1. The fourth-order valence-corrected chi connectivity index (χ4v) is 2.70. The molecule has 35 heavy (non-hydrogen) atoms. The molecule has 12 heteroatoms. The van der Waals surface area contributed by atoms with Gasteiger partial charge in [-0.3, -0.25) is 14.9 Å². The van der Waals surface area contributed by atoms with Gasteiger partial charge in [-0.05, 0) is 45.6 Å². The van der Waals surface area contributed by atoms with Gasteiger partial charge in [0.15, 0.2) is 0 Å². The van der Waals surface area contributed by atoms with E-state index in [1.54, 1.807) is 20.8 Å². The van der Waals surface area contributed by atoms with Crippen molar-refractivity contribution in [2.24, 2.45) is 5.73 Å². The highest BCUT2D eigenvalue weighted by atomic mass is 16.6. The summed E-state index contributed by atoms with van der Waals surface area (Å²) in [6, 6.07) is 9.26. The second-order valence-corrected chi connectivity index (χ2v) is 8.86. The van der Waals surface area contributed by atoms with Crippen LogP contribution in [-0.4, -0.2) is 63.8 Å². The monoisotopic (exact) mass is 495 g/mol. The Morgan fingerprint density at radius 1 is 1.14 bits per heavy atom. The Hall–Kier alpha value is -3.51. The van der Waals surface area contributed by atoms with E-state index in [2.05, 4.69) is 5.32 Å². The second kappa shape index (κ2) is 13.4. The Morgan fingerprint density at radius 3 is 2.23 bits per heavy atom.